The highest BCUT2D eigenvalue weighted by Crippen LogP contribution is 2.55. The van der Waals surface area contributed by atoms with Gasteiger partial charge in [0.25, 0.3) is 0 Å². The van der Waals surface area contributed by atoms with E-state index in [4.69, 9.17) is 9.05 Å². The normalized spacial score (nSPS) is 20.9. The highest BCUT2D eigenvalue weighted by atomic mass is 31.2. The summed E-state index contributed by atoms with van der Waals surface area (Å²) in [6, 6.07) is 14.8. The zero-order chi connectivity index (χ0) is 22.0. The summed E-state index contributed by atoms with van der Waals surface area (Å²) >= 11 is 0. The van der Waals surface area contributed by atoms with Crippen molar-refractivity contribution in [2.24, 2.45) is 0 Å². The molecule has 0 saturated carbocycles. The maximum atomic E-state index is 13.5. The van der Waals surface area contributed by atoms with Crippen LogP contribution >= 0.6 is 7.60 Å². The Kier molecular flexibility index (Phi) is 6.05. The molecule has 4 aromatic rings. The standard InChI is InChI=1S/C22H19N2O4P.C2H6/c1-14-3-2-4-15(11-14)20-8-10-27-29(26,28-20)17-12-16-5-6-18-19(25)7-9-23-22(18)21(16)24-13-17;1-2/h2-7,9,11-13,20H,8,10H2,1H3,(H,23,25);1-2H3/t20-,29-;/m0./s1. The Morgan fingerprint density at radius 3 is 2.77 bits per heavy atom. The summed E-state index contributed by atoms with van der Waals surface area (Å²) in [5.74, 6) is 0. The van der Waals surface area contributed by atoms with Crippen LogP contribution in [0.1, 0.15) is 37.5 Å². The number of rotatable bonds is 2. The first-order valence-electron chi connectivity index (χ1n) is 10.4. The van der Waals surface area contributed by atoms with E-state index in [1.165, 1.54) is 12.3 Å². The summed E-state index contributed by atoms with van der Waals surface area (Å²) < 4.78 is 25.1. The van der Waals surface area contributed by atoms with Crippen molar-refractivity contribution in [1.82, 2.24) is 9.97 Å². The number of pyridine rings is 2. The molecule has 1 aliphatic rings. The van der Waals surface area contributed by atoms with Crippen LogP contribution in [0.15, 0.2) is 65.7 Å². The Labute approximate surface area is 180 Å². The monoisotopic (exact) mass is 436 g/mol. The van der Waals surface area contributed by atoms with Gasteiger partial charge >= 0.3 is 7.60 Å². The minimum atomic E-state index is -3.51. The fraction of sp³-hybridized carbons (Fsp3) is 0.250. The fourth-order valence-corrected chi connectivity index (χ4v) is 5.48. The van der Waals surface area contributed by atoms with Crippen molar-refractivity contribution in [2.75, 3.05) is 6.61 Å². The van der Waals surface area contributed by atoms with Crippen LogP contribution in [0, 0.1) is 6.92 Å². The first kappa shape index (κ1) is 21.4. The number of nitrogens with zero attached hydrogens (tertiary/aromatic N) is 1. The Balaban J connectivity index is 0.00000112. The van der Waals surface area contributed by atoms with Crippen molar-refractivity contribution < 1.29 is 13.6 Å². The van der Waals surface area contributed by atoms with Gasteiger partial charge in [-0.25, -0.2) is 0 Å². The molecule has 1 N–H and O–H groups in total. The van der Waals surface area contributed by atoms with Crippen LogP contribution in [0.3, 0.4) is 0 Å². The van der Waals surface area contributed by atoms with E-state index >= 15 is 0 Å². The third kappa shape index (κ3) is 4.07. The molecule has 31 heavy (non-hydrogen) atoms. The number of nitrogens with one attached hydrogen (secondary N) is 1. The second-order valence-electron chi connectivity index (χ2n) is 7.22. The molecule has 2 aromatic carbocycles. The minimum Gasteiger partial charge on any atom is -0.359 e. The lowest BCUT2D eigenvalue weighted by Crippen LogP contribution is -2.20. The largest absolute Gasteiger partial charge is 0.363 e. The van der Waals surface area contributed by atoms with E-state index in [2.05, 4.69) is 9.97 Å². The Morgan fingerprint density at radius 2 is 1.97 bits per heavy atom. The van der Waals surface area contributed by atoms with Crippen molar-refractivity contribution in [2.45, 2.75) is 33.3 Å². The second kappa shape index (κ2) is 8.75. The zero-order valence-electron chi connectivity index (χ0n) is 17.8. The van der Waals surface area contributed by atoms with Gasteiger partial charge in [0.15, 0.2) is 5.43 Å². The quantitative estimate of drug-likeness (QED) is 0.336. The van der Waals surface area contributed by atoms with E-state index in [0.29, 0.717) is 34.8 Å². The summed E-state index contributed by atoms with van der Waals surface area (Å²) in [5, 5.41) is 1.74. The molecule has 0 unspecified atom stereocenters. The number of benzene rings is 2. The van der Waals surface area contributed by atoms with Gasteiger partial charge in [0.2, 0.25) is 0 Å². The molecule has 1 saturated heterocycles. The highest BCUT2D eigenvalue weighted by Gasteiger charge is 2.36. The first-order chi connectivity index (χ1) is 15.0. The van der Waals surface area contributed by atoms with Gasteiger partial charge in [-0.1, -0.05) is 49.7 Å². The number of aryl methyl sites for hydroxylation is 1. The van der Waals surface area contributed by atoms with Gasteiger partial charge < -0.3 is 9.51 Å². The number of fused-ring (bicyclic) bond motifs is 3. The van der Waals surface area contributed by atoms with Crippen LogP contribution in [0.5, 0.6) is 0 Å². The van der Waals surface area contributed by atoms with Crippen LogP contribution in [-0.2, 0) is 13.6 Å². The van der Waals surface area contributed by atoms with Gasteiger partial charge in [-0.2, -0.15) is 0 Å². The van der Waals surface area contributed by atoms with Crippen molar-refractivity contribution in [3.63, 3.8) is 0 Å². The van der Waals surface area contributed by atoms with Gasteiger partial charge in [-0.15, -0.1) is 0 Å². The molecular formula is C24H25N2O4P. The van der Waals surface area contributed by atoms with Gasteiger partial charge in [0, 0.05) is 35.7 Å². The Hall–Kier alpha value is -2.79. The molecule has 2 atom stereocenters. The van der Waals surface area contributed by atoms with Crippen molar-refractivity contribution >= 4 is 34.7 Å². The number of hydrogen-bond acceptors (Lipinski definition) is 5. The predicted molar refractivity (Wildman–Crippen MR) is 124 cm³/mol. The molecule has 0 spiro atoms. The van der Waals surface area contributed by atoms with Crippen molar-refractivity contribution in [3.05, 3.63) is 82.3 Å². The molecule has 7 heteroatoms. The van der Waals surface area contributed by atoms with E-state index < -0.39 is 7.60 Å². The molecule has 3 heterocycles. The van der Waals surface area contributed by atoms with Gasteiger partial charge in [-0.05, 0) is 24.6 Å². The van der Waals surface area contributed by atoms with E-state index in [-0.39, 0.29) is 11.5 Å². The number of aromatic amines is 1. The number of hydrogen-bond donors (Lipinski definition) is 1. The smallest absolute Gasteiger partial charge is 0.359 e. The lowest BCUT2D eigenvalue weighted by atomic mass is 10.0. The molecule has 6 nitrogen and oxygen atoms in total. The summed E-state index contributed by atoms with van der Waals surface area (Å²) in [7, 11) is -3.51. The van der Waals surface area contributed by atoms with Gasteiger partial charge in [0.05, 0.1) is 29.0 Å². The average Bonchev–Trinajstić information content (AvgIpc) is 2.80. The maximum Gasteiger partial charge on any atom is 0.363 e. The molecule has 0 bridgehead atoms. The summed E-state index contributed by atoms with van der Waals surface area (Å²) in [6.45, 7) is 6.36. The van der Waals surface area contributed by atoms with Gasteiger partial charge in [0.1, 0.15) is 0 Å². The van der Waals surface area contributed by atoms with Crippen LogP contribution in [0.25, 0.3) is 21.8 Å². The van der Waals surface area contributed by atoms with Crippen LogP contribution < -0.4 is 10.7 Å². The summed E-state index contributed by atoms with van der Waals surface area (Å²) in [4.78, 5) is 19.6. The summed E-state index contributed by atoms with van der Waals surface area (Å²) in [6.07, 6.45) is 3.46. The maximum absolute atomic E-state index is 13.5. The molecule has 0 amide bonds. The van der Waals surface area contributed by atoms with Crippen molar-refractivity contribution in [3.8, 4) is 0 Å². The third-order valence-electron chi connectivity index (χ3n) is 5.20. The number of aromatic nitrogens is 2. The number of H-pyrrole nitrogens is 1. The van der Waals surface area contributed by atoms with Crippen LogP contribution in [0.4, 0.5) is 0 Å². The fourth-order valence-electron chi connectivity index (χ4n) is 3.75. The molecule has 0 radical (unpaired) electrons. The SMILES string of the molecule is CC.Cc1cccc([C@@H]2CCO[P@@](=O)(c3cnc4c(ccc5c(=O)cc[nH]c54)c3)O2)c1. The molecular weight excluding hydrogens is 411 g/mol. The van der Waals surface area contributed by atoms with Crippen LogP contribution in [0.2, 0.25) is 0 Å². The Morgan fingerprint density at radius 1 is 1.13 bits per heavy atom. The molecule has 1 fully saturated rings. The lowest BCUT2D eigenvalue weighted by molar-refractivity contribution is 0.0875. The van der Waals surface area contributed by atoms with Crippen LogP contribution in [-0.4, -0.2) is 16.6 Å². The molecule has 0 aliphatic carbocycles. The topological polar surface area (TPSA) is 81.3 Å². The van der Waals surface area contributed by atoms with Crippen molar-refractivity contribution in [1.29, 1.82) is 0 Å². The molecule has 160 valence electrons. The average molecular weight is 436 g/mol. The zero-order valence-corrected chi connectivity index (χ0v) is 18.7. The van der Waals surface area contributed by atoms with E-state index in [9.17, 15) is 9.36 Å². The molecule has 5 rings (SSSR count). The Bertz CT molecular complexity index is 1350. The van der Waals surface area contributed by atoms with E-state index in [1.807, 2.05) is 45.0 Å². The summed E-state index contributed by atoms with van der Waals surface area (Å²) in [5.41, 5.74) is 3.34. The molecule has 1 aliphatic heterocycles. The van der Waals surface area contributed by atoms with Gasteiger partial charge in [-0.3, -0.25) is 18.9 Å². The van der Waals surface area contributed by atoms with E-state index in [0.717, 1.165) is 16.5 Å². The highest BCUT2D eigenvalue weighted by molar-refractivity contribution is 7.62. The lowest BCUT2D eigenvalue weighted by Gasteiger charge is -2.30. The van der Waals surface area contributed by atoms with E-state index in [1.54, 1.807) is 24.4 Å². The molecule has 2 aromatic heterocycles. The first-order valence-corrected chi connectivity index (χ1v) is 12.0. The predicted octanol–water partition coefficient (Wildman–Crippen LogP) is 5.41. The second-order valence-corrected chi connectivity index (χ2v) is 9.20. The minimum absolute atomic E-state index is 0.0701. The third-order valence-corrected chi connectivity index (χ3v) is 7.14.